The number of hydrogen-bond donors (Lipinski definition) is 2. The van der Waals surface area contributed by atoms with Gasteiger partial charge in [-0.15, -0.1) is 0 Å². The van der Waals surface area contributed by atoms with Crippen LogP contribution in [0.5, 0.6) is 0 Å². The lowest BCUT2D eigenvalue weighted by Gasteiger charge is -2.38. The maximum Gasteiger partial charge on any atom is 0.293 e. The van der Waals surface area contributed by atoms with Crippen LogP contribution in [0.25, 0.3) is 0 Å². The zero-order valence-corrected chi connectivity index (χ0v) is 9.62. The highest BCUT2D eigenvalue weighted by Gasteiger charge is 2.30. The van der Waals surface area contributed by atoms with Gasteiger partial charge in [0.2, 0.25) is 0 Å². The Balaban J connectivity index is 2.24. The number of hydrogen-bond acceptors (Lipinski definition) is 4. The van der Waals surface area contributed by atoms with E-state index in [1.165, 1.54) is 18.5 Å². The number of carbonyl (C=O) groups is 1. The highest BCUT2D eigenvalue weighted by atomic mass is 16.3. The number of nitrogens with two attached hydrogens (primary N) is 1. The van der Waals surface area contributed by atoms with Crippen molar-refractivity contribution < 1.29 is 9.90 Å². The predicted molar refractivity (Wildman–Crippen MR) is 67.0 cm³/mol. The molecule has 17 heavy (non-hydrogen) atoms. The summed E-state index contributed by atoms with van der Waals surface area (Å²) in [5.74, 6) is 0. The molecule has 5 heteroatoms. The molecule has 1 aliphatic heterocycles. The minimum Gasteiger partial charge on any atom is -0.390 e. The molecule has 3 N–H and O–H groups in total. The van der Waals surface area contributed by atoms with Crippen LogP contribution in [0.1, 0.15) is 11.1 Å². The van der Waals surface area contributed by atoms with Gasteiger partial charge in [-0.3, -0.25) is 0 Å². The zero-order chi connectivity index (χ0) is 12.3. The van der Waals surface area contributed by atoms with Gasteiger partial charge in [0.1, 0.15) is 0 Å². The maximum atomic E-state index is 10.6. The van der Waals surface area contributed by atoms with Crippen LogP contribution in [0, 0.1) is 0 Å². The van der Waals surface area contributed by atoms with Gasteiger partial charge in [-0.1, -0.05) is 24.3 Å². The van der Waals surface area contributed by atoms with Crippen molar-refractivity contribution in [3.63, 3.8) is 0 Å². The molecule has 0 spiro atoms. The number of aliphatic hydroxyl groups excluding tert-OH is 1. The molecule has 2 atom stereocenters. The van der Waals surface area contributed by atoms with E-state index in [4.69, 9.17) is 5.73 Å². The summed E-state index contributed by atoms with van der Waals surface area (Å²) in [5, 5.41) is 9.90. The summed E-state index contributed by atoms with van der Waals surface area (Å²) < 4.78 is 0. The summed E-state index contributed by atoms with van der Waals surface area (Å²) in [5.41, 5.74) is 7.93. The first-order valence-corrected chi connectivity index (χ1v) is 5.75. The van der Waals surface area contributed by atoms with E-state index in [1.54, 1.807) is 0 Å². The molecule has 1 aromatic rings. The van der Waals surface area contributed by atoms with Gasteiger partial charge in [-0.25, -0.2) is 0 Å². The largest absolute Gasteiger partial charge is 0.390 e. The Labute approximate surface area is 102 Å². The molecular weight excluding hydrogens is 215 g/mol. The molecule has 0 bridgehead atoms. The summed E-state index contributed by atoms with van der Waals surface area (Å²) >= 11 is 0. The average Bonchev–Trinajstić information content (AvgIpc) is 2.37. The van der Waals surface area contributed by atoms with Crippen molar-refractivity contribution in [2.75, 3.05) is 6.54 Å². The fraction of sp³-hybridized carbons (Fsp3) is 0.417. The number of aliphatic hydroxyl groups is 1. The third kappa shape index (κ3) is 2.57. The predicted octanol–water partition coefficient (Wildman–Crippen LogP) is -0.458. The molecule has 89 valence electrons. The van der Waals surface area contributed by atoms with Crippen molar-refractivity contribution >= 4 is 13.6 Å². The van der Waals surface area contributed by atoms with E-state index in [1.807, 2.05) is 23.0 Å². The number of benzene rings is 1. The second-order valence-corrected chi connectivity index (χ2v) is 4.30. The van der Waals surface area contributed by atoms with Crippen molar-refractivity contribution in [2.45, 2.75) is 25.1 Å². The Bertz CT molecular complexity index is 400. The number of nitrogens with zero attached hydrogens (tertiary/aromatic N) is 1. The fourth-order valence-corrected chi connectivity index (χ4v) is 2.32. The molecule has 0 amide bonds. The van der Waals surface area contributed by atoms with Gasteiger partial charge in [0.15, 0.2) is 0 Å². The lowest BCUT2D eigenvalue weighted by molar-refractivity contribution is 0.0878. The molecule has 0 fully saturated rings. The van der Waals surface area contributed by atoms with Crippen molar-refractivity contribution in [1.29, 1.82) is 0 Å². The number of rotatable bonds is 4. The van der Waals surface area contributed by atoms with Crippen molar-refractivity contribution in [2.24, 2.45) is 5.73 Å². The monoisotopic (exact) mass is 231 g/mol. The first-order valence-electron chi connectivity index (χ1n) is 5.75. The molecule has 0 saturated heterocycles. The van der Waals surface area contributed by atoms with Gasteiger partial charge in [0.05, 0.1) is 12.3 Å². The van der Waals surface area contributed by atoms with E-state index in [2.05, 4.69) is 6.07 Å². The van der Waals surface area contributed by atoms with Gasteiger partial charge < -0.3 is 20.4 Å². The molecular formula is C12H16BN2O2. The summed E-state index contributed by atoms with van der Waals surface area (Å²) in [6.07, 6.45) is 0.864. The van der Waals surface area contributed by atoms with Gasteiger partial charge in [-0.2, -0.15) is 0 Å². The highest BCUT2D eigenvalue weighted by Crippen LogP contribution is 2.23. The Morgan fingerprint density at radius 3 is 2.88 bits per heavy atom. The van der Waals surface area contributed by atoms with Crippen LogP contribution < -0.4 is 5.73 Å². The van der Waals surface area contributed by atoms with Crippen LogP contribution in [0.15, 0.2) is 24.3 Å². The standard InChI is InChI=1S/C12H16BN2O2/c14-6-12(17)11-5-9-3-1-2-4-10(9)7-15(11)13-8-16/h1-4,8,11-12,17H,5-7,14H2/t11-,12-/m0/s1. The van der Waals surface area contributed by atoms with E-state index in [9.17, 15) is 9.90 Å². The van der Waals surface area contributed by atoms with Crippen molar-refractivity contribution in [1.82, 2.24) is 4.81 Å². The highest BCUT2D eigenvalue weighted by molar-refractivity contribution is 6.64. The summed E-state index contributed by atoms with van der Waals surface area (Å²) in [6, 6.07) is 7.97. The normalized spacial score (nSPS) is 21.6. The minimum atomic E-state index is -0.612. The SMILES string of the molecule is NC[C@H](O)[C@@H]1Cc2ccccc2CN1[B]C=O. The molecule has 1 aliphatic rings. The molecule has 0 unspecified atom stereocenters. The molecule has 2 rings (SSSR count). The molecule has 0 aliphatic carbocycles. The fourth-order valence-electron chi connectivity index (χ4n) is 2.32. The van der Waals surface area contributed by atoms with Gasteiger partial charge in [0, 0.05) is 19.1 Å². The van der Waals surface area contributed by atoms with Crippen LogP contribution in [0.3, 0.4) is 0 Å². The molecule has 0 aromatic heterocycles. The molecule has 4 nitrogen and oxygen atoms in total. The number of carbonyl (C=O) groups excluding carboxylic acids is 1. The van der Waals surface area contributed by atoms with Crippen molar-refractivity contribution in [3.8, 4) is 0 Å². The topological polar surface area (TPSA) is 66.6 Å². The Morgan fingerprint density at radius 2 is 2.24 bits per heavy atom. The minimum absolute atomic E-state index is 0.111. The molecule has 0 saturated carbocycles. The lowest BCUT2D eigenvalue weighted by Crippen LogP contribution is -2.51. The quantitative estimate of drug-likeness (QED) is 0.543. The molecule has 1 aromatic carbocycles. The van der Waals surface area contributed by atoms with E-state index < -0.39 is 6.10 Å². The van der Waals surface area contributed by atoms with Gasteiger partial charge >= 0.3 is 0 Å². The van der Waals surface area contributed by atoms with Gasteiger partial charge in [0.25, 0.3) is 7.41 Å². The van der Waals surface area contributed by atoms with Gasteiger partial charge in [-0.05, 0) is 17.5 Å². The third-order valence-electron chi connectivity index (χ3n) is 3.26. The van der Waals surface area contributed by atoms with Crippen molar-refractivity contribution in [3.05, 3.63) is 35.4 Å². The van der Waals surface area contributed by atoms with Crippen LogP contribution >= 0.6 is 0 Å². The van der Waals surface area contributed by atoms with E-state index in [0.717, 1.165) is 12.6 Å². The third-order valence-corrected chi connectivity index (χ3v) is 3.26. The molecule has 1 heterocycles. The van der Waals surface area contributed by atoms with E-state index in [-0.39, 0.29) is 12.6 Å². The van der Waals surface area contributed by atoms with Crippen LogP contribution in [0.2, 0.25) is 0 Å². The average molecular weight is 231 g/mol. The second-order valence-electron chi connectivity index (χ2n) is 4.30. The summed E-state index contributed by atoms with van der Waals surface area (Å²) in [4.78, 5) is 12.5. The van der Waals surface area contributed by atoms with E-state index >= 15 is 0 Å². The van der Waals surface area contributed by atoms with E-state index in [0.29, 0.717) is 6.54 Å². The lowest BCUT2D eigenvalue weighted by atomic mass is 9.82. The molecule has 1 radical (unpaired) electrons. The Hall–Kier alpha value is -1.17. The van der Waals surface area contributed by atoms with Crippen LogP contribution in [0.4, 0.5) is 0 Å². The first-order chi connectivity index (χ1) is 8.26. The second kappa shape index (κ2) is 5.45. The number of fused-ring (bicyclic) bond motifs is 1. The Morgan fingerprint density at radius 1 is 1.53 bits per heavy atom. The summed E-state index contributed by atoms with van der Waals surface area (Å²) in [7, 11) is 1.49. The maximum absolute atomic E-state index is 10.6. The first kappa shape index (κ1) is 12.3. The van der Waals surface area contributed by atoms with Crippen LogP contribution in [-0.2, 0) is 17.8 Å². The van der Waals surface area contributed by atoms with Crippen LogP contribution in [-0.4, -0.2) is 42.2 Å². The smallest absolute Gasteiger partial charge is 0.293 e. The Kier molecular flexibility index (Phi) is 3.94. The summed E-state index contributed by atoms with van der Waals surface area (Å²) in [6.45, 7) is 0.854. The zero-order valence-electron chi connectivity index (χ0n) is 9.62.